The molecule has 0 unspecified atom stereocenters. The Bertz CT molecular complexity index is 478. The van der Waals surface area contributed by atoms with Gasteiger partial charge in [0.1, 0.15) is 11.5 Å². The van der Waals surface area contributed by atoms with E-state index in [2.05, 4.69) is 12.6 Å². The summed E-state index contributed by atoms with van der Waals surface area (Å²) in [6, 6.07) is 16.8. The molecule has 100 valence electrons. The van der Waals surface area contributed by atoms with Crippen LogP contribution in [-0.4, -0.2) is 11.7 Å². The van der Waals surface area contributed by atoms with E-state index in [1.807, 2.05) is 37.3 Å². The molecule has 0 atom stereocenters. The second kappa shape index (κ2) is 8.81. The number of hydrogen-bond donors (Lipinski definition) is 1. The van der Waals surface area contributed by atoms with Crippen molar-refractivity contribution in [2.45, 2.75) is 13.3 Å². The van der Waals surface area contributed by atoms with Crippen molar-refractivity contribution in [2.24, 2.45) is 0 Å². The van der Waals surface area contributed by atoms with Crippen molar-refractivity contribution in [1.29, 1.82) is 0 Å². The number of rotatable bonds is 4. The molecule has 0 aromatic heterocycles. The Labute approximate surface area is 115 Å². The van der Waals surface area contributed by atoms with Crippen LogP contribution in [0.1, 0.15) is 12.5 Å². The number of phenols is 1. The van der Waals surface area contributed by atoms with Gasteiger partial charge in [-0.2, -0.15) is 0 Å². The maximum absolute atomic E-state index is 8.63. The van der Waals surface area contributed by atoms with E-state index < -0.39 is 0 Å². The summed E-state index contributed by atoms with van der Waals surface area (Å²) in [5.41, 5.74) is 1.20. The molecule has 2 heteroatoms. The van der Waals surface area contributed by atoms with E-state index >= 15 is 0 Å². The molecule has 2 rings (SSSR count). The number of hydrogen-bond acceptors (Lipinski definition) is 2. The molecule has 0 fully saturated rings. The van der Waals surface area contributed by atoms with Gasteiger partial charge in [-0.25, -0.2) is 0 Å². The molecule has 0 spiro atoms. The van der Waals surface area contributed by atoms with E-state index in [-0.39, 0.29) is 0 Å². The summed E-state index contributed by atoms with van der Waals surface area (Å²) in [6.45, 7) is 6.41. The normalized spacial score (nSPS) is 9.11. The fourth-order valence-electron chi connectivity index (χ4n) is 1.55. The minimum atomic E-state index is 0.322. The van der Waals surface area contributed by atoms with Gasteiger partial charge < -0.3 is 9.84 Å². The molecule has 0 aliphatic heterocycles. The Kier molecular flexibility index (Phi) is 6.88. The molecule has 2 nitrogen and oxygen atoms in total. The summed E-state index contributed by atoms with van der Waals surface area (Å²) in [6.07, 6.45) is 2.76. The van der Waals surface area contributed by atoms with E-state index in [1.54, 1.807) is 24.3 Å². The Hall–Kier alpha value is -2.22. The number of aromatic hydroxyl groups is 1. The number of allylic oxidation sites excluding steroid dienone is 1. The van der Waals surface area contributed by atoms with Gasteiger partial charge in [-0.3, -0.25) is 0 Å². The van der Waals surface area contributed by atoms with Crippen LogP contribution in [-0.2, 0) is 6.42 Å². The maximum Gasteiger partial charge on any atom is 0.122 e. The minimum Gasteiger partial charge on any atom is -0.508 e. The molecule has 19 heavy (non-hydrogen) atoms. The van der Waals surface area contributed by atoms with Gasteiger partial charge in [0, 0.05) is 0 Å². The monoisotopic (exact) mass is 256 g/mol. The topological polar surface area (TPSA) is 29.5 Å². The van der Waals surface area contributed by atoms with Crippen LogP contribution < -0.4 is 4.74 Å². The van der Waals surface area contributed by atoms with E-state index in [0.717, 1.165) is 12.2 Å². The second-order valence-electron chi connectivity index (χ2n) is 3.87. The molecule has 0 heterocycles. The first-order valence-corrected chi connectivity index (χ1v) is 6.33. The number of phenolic OH excluding ortho intramolecular Hbond substituents is 1. The Morgan fingerprint density at radius 3 is 2.21 bits per heavy atom. The van der Waals surface area contributed by atoms with E-state index in [4.69, 9.17) is 9.84 Å². The Balaban J connectivity index is 0.000000218. The highest BCUT2D eigenvalue weighted by molar-refractivity contribution is 5.34. The largest absolute Gasteiger partial charge is 0.508 e. The first-order chi connectivity index (χ1) is 9.27. The molecule has 1 N–H and O–H groups in total. The molecular weight excluding hydrogens is 236 g/mol. The summed E-state index contributed by atoms with van der Waals surface area (Å²) in [5.74, 6) is 1.29. The summed E-state index contributed by atoms with van der Waals surface area (Å²) in [5, 5.41) is 8.63. The molecule has 0 aliphatic rings. The zero-order valence-electron chi connectivity index (χ0n) is 11.3. The van der Waals surface area contributed by atoms with Crippen molar-refractivity contribution in [1.82, 2.24) is 0 Å². The van der Waals surface area contributed by atoms with E-state index in [1.165, 1.54) is 5.56 Å². The van der Waals surface area contributed by atoms with Crippen molar-refractivity contribution in [3.63, 3.8) is 0 Å². The summed E-state index contributed by atoms with van der Waals surface area (Å²) in [4.78, 5) is 0. The molecule has 0 saturated carbocycles. The standard InChI is InChI=1S/C11H14O.C6H6O/c1-3-7-10-8-5-6-9-11(10)12-4-2;7-6-4-2-1-3-5-6/h3,5-6,8-9H,1,4,7H2,2H3;1-5,7H. The highest BCUT2D eigenvalue weighted by Gasteiger charge is 1.98. The molecule has 0 aliphatic carbocycles. The van der Waals surface area contributed by atoms with Gasteiger partial charge in [-0.05, 0) is 37.1 Å². The lowest BCUT2D eigenvalue weighted by Gasteiger charge is -2.07. The lowest BCUT2D eigenvalue weighted by molar-refractivity contribution is 0.337. The van der Waals surface area contributed by atoms with Crippen LogP contribution in [0.2, 0.25) is 0 Å². The second-order valence-corrected chi connectivity index (χ2v) is 3.87. The molecular formula is C17H20O2. The van der Waals surface area contributed by atoms with Crippen LogP contribution in [0.3, 0.4) is 0 Å². The van der Waals surface area contributed by atoms with Crippen molar-refractivity contribution in [3.8, 4) is 11.5 Å². The minimum absolute atomic E-state index is 0.322. The van der Waals surface area contributed by atoms with Gasteiger partial charge in [0.2, 0.25) is 0 Å². The third kappa shape index (κ3) is 5.77. The van der Waals surface area contributed by atoms with Gasteiger partial charge in [-0.15, -0.1) is 6.58 Å². The van der Waals surface area contributed by atoms with Crippen molar-refractivity contribution in [3.05, 3.63) is 72.8 Å². The van der Waals surface area contributed by atoms with Gasteiger partial charge in [0.05, 0.1) is 6.61 Å². The van der Waals surface area contributed by atoms with E-state index in [0.29, 0.717) is 12.4 Å². The molecule has 0 amide bonds. The highest BCUT2D eigenvalue weighted by atomic mass is 16.5. The van der Waals surface area contributed by atoms with Crippen LogP contribution in [0, 0.1) is 0 Å². The van der Waals surface area contributed by atoms with Gasteiger partial charge in [-0.1, -0.05) is 42.5 Å². The average molecular weight is 256 g/mol. The lowest BCUT2D eigenvalue weighted by Crippen LogP contribution is -1.95. The molecule has 0 saturated heterocycles. The van der Waals surface area contributed by atoms with Gasteiger partial charge >= 0.3 is 0 Å². The molecule has 0 radical (unpaired) electrons. The van der Waals surface area contributed by atoms with E-state index in [9.17, 15) is 0 Å². The first-order valence-electron chi connectivity index (χ1n) is 6.33. The number of benzene rings is 2. The zero-order chi connectivity index (χ0) is 13.9. The Morgan fingerprint density at radius 2 is 1.68 bits per heavy atom. The highest BCUT2D eigenvalue weighted by Crippen LogP contribution is 2.18. The zero-order valence-corrected chi connectivity index (χ0v) is 11.3. The number of para-hydroxylation sites is 2. The fourth-order valence-corrected chi connectivity index (χ4v) is 1.55. The first kappa shape index (κ1) is 14.8. The quantitative estimate of drug-likeness (QED) is 0.830. The third-order valence-corrected chi connectivity index (χ3v) is 2.39. The molecule has 2 aromatic carbocycles. The van der Waals surface area contributed by atoms with Gasteiger partial charge in [0.25, 0.3) is 0 Å². The smallest absolute Gasteiger partial charge is 0.122 e. The van der Waals surface area contributed by atoms with Crippen molar-refractivity contribution in [2.75, 3.05) is 6.61 Å². The maximum atomic E-state index is 8.63. The van der Waals surface area contributed by atoms with Crippen molar-refractivity contribution < 1.29 is 9.84 Å². The molecule has 0 bridgehead atoms. The summed E-state index contributed by atoms with van der Waals surface area (Å²) >= 11 is 0. The summed E-state index contributed by atoms with van der Waals surface area (Å²) < 4.78 is 5.44. The fraction of sp³-hybridized carbons (Fsp3) is 0.176. The van der Waals surface area contributed by atoms with Crippen LogP contribution in [0.25, 0.3) is 0 Å². The number of ether oxygens (including phenoxy) is 1. The lowest BCUT2D eigenvalue weighted by atomic mass is 10.1. The van der Waals surface area contributed by atoms with Gasteiger partial charge in [0.15, 0.2) is 0 Å². The van der Waals surface area contributed by atoms with Crippen LogP contribution in [0.5, 0.6) is 11.5 Å². The SMILES string of the molecule is C=CCc1ccccc1OCC.Oc1ccccc1. The predicted molar refractivity (Wildman–Crippen MR) is 79.6 cm³/mol. The molecule has 2 aromatic rings. The van der Waals surface area contributed by atoms with Crippen molar-refractivity contribution >= 4 is 0 Å². The van der Waals surface area contributed by atoms with Crippen LogP contribution >= 0.6 is 0 Å². The predicted octanol–water partition coefficient (Wildman–Crippen LogP) is 4.21. The third-order valence-electron chi connectivity index (χ3n) is 2.39. The average Bonchev–Trinajstić information content (AvgIpc) is 2.43. The Morgan fingerprint density at radius 1 is 1.05 bits per heavy atom. The van der Waals surface area contributed by atoms with Crippen LogP contribution in [0.15, 0.2) is 67.3 Å². The summed E-state index contributed by atoms with van der Waals surface area (Å²) in [7, 11) is 0. The van der Waals surface area contributed by atoms with Crippen LogP contribution in [0.4, 0.5) is 0 Å².